The van der Waals surface area contributed by atoms with Crippen LogP contribution in [0.3, 0.4) is 0 Å². The molecule has 0 aliphatic carbocycles. The lowest BCUT2D eigenvalue weighted by Gasteiger charge is -1.97. The average Bonchev–Trinajstić information content (AvgIpc) is 2.27. The third-order valence-electron chi connectivity index (χ3n) is 1.68. The van der Waals surface area contributed by atoms with E-state index in [0.29, 0.717) is 0 Å². The summed E-state index contributed by atoms with van der Waals surface area (Å²) in [6.07, 6.45) is 1.13. The standard InChI is InChI=1S/C7H13N3O2S/c1-6-4-7(9-10(6)2)5-8-13(3,11)12/h4,8H,5H2,1-3H3. The number of aryl methyl sites for hydroxylation is 2. The quantitative estimate of drug-likeness (QED) is 0.738. The maximum atomic E-state index is 10.8. The first kappa shape index (κ1) is 10.2. The van der Waals surface area contributed by atoms with Crippen molar-refractivity contribution in [3.63, 3.8) is 0 Å². The molecule has 6 heteroatoms. The topological polar surface area (TPSA) is 64.0 Å². The second-order valence-corrected chi connectivity index (χ2v) is 4.83. The number of sulfonamides is 1. The van der Waals surface area contributed by atoms with Crippen molar-refractivity contribution in [2.45, 2.75) is 13.5 Å². The lowest BCUT2D eigenvalue weighted by molar-refractivity contribution is 0.585. The molecule has 0 atom stereocenters. The Balaban J connectivity index is 2.66. The van der Waals surface area contributed by atoms with E-state index in [1.165, 1.54) is 0 Å². The van der Waals surface area contributed by atoms with Gasteiger partial charge in [-0.1, -0.05) is 0 Å². The van der Waals surface area contributed by atoms with E-state index in [2.05, 4.69) is 9.82 Å². The average molecular weight is 203 g/mol. The van der Waals surface area contributed by atoms with E-state index >= 15 is 0 Å². The SMILES string of the molecule is Cc1cc(CNS(C)(=O)=O)nn1C. The number of aromatic nitrogens is 2. The van der Waals surface area contributed by atoms with Gasteiger partial charge in [-0.15, -0.1) is 0 Å². The minimum Gasteiger partial charge on any atom is -0.273 e. The third-order valence-corrected chi connectivity index (χ3v) is 2.35. The first-order chi connectivity index (χ1) is 5.88. The summed E-state index contributed by atoms with van der Waals surface area (Å²) in [5, 5.41) is 4.10. The van der Waals surface area contributed by atoms with Crippen LogP contribution in [0.5, 0.6) is 0 Å². The summed E-state index contributed by atoms with van der Waals surface area (Å²) in [6, 6.07) is 1.85. The van der Waals surface area contributed by atoms with Crippen molar-refractivity contribution in [2.24, 2.45) is 7.05 Å². The number of rotatable bonds is 3. The van der Waals surface area contributed by atoms with Crippen LogP contribution in [-0.2, 0) is 23.6 Å². The molecule has 0 aromatic carbocycles. The van der Waals surface area contributed by atoms with Gasteiger partial charge >= 0.3 is 0 Å². The highest BCUT2D eigenvalue weighted by atomic mass is 32.2. The molecule has 1 N–H and O–H groups in total. The molecule has 0 aliphatic heterocycles. The van der Waals surface area contributed by atoms with Gasteiger partial charge in [-0.25, -0.2) is 13.1 Å². The van der Waals surface area contributed by atoms with Crippen LogP contribution in [0, 0.1) is 6.92 Å². The Kier molecular flexibility index (Phi) is 2.72. The van der Waals surface area contributed by atoms with Crippen molar-refractivity contribution in [3.05, 3.63) is 17.5 Å². The zero-order valence-electron chi connectivity index (χ0n) is 7.90. The third kappa shape index (κ3) is 3.16. The van der Waals surface area contributed by atoms with Gasteiger partial charge < -0.3 is 0 Å². The second-order valence-electron chi connectivity index (χ2n) is 2.99. The lowest BCUT2D eigenvalue weighted by Crippen LogP contribution is -2.21. The summed E-state index contributed by atoms with van der Waals surface area (Å²) in [5.41, 5.74) is 1.73. The molecule has 1 heterocycles. The van der Waals surface area contributed by atoms with E-state index in [4.69, 9.17) is 0 Å². The fourth-order valence-corrected chi connectivity index (χ4v) is 1.34. The Morgan fingerprint density at radius 1 is 1.62 bits per heavy atom. The van der Waals surface area contributed by atoms with Crippen LogP contribution >= 0.6 is 0 Å². The van der Waals surface area contributed by atoms with E-state index in [1.54, 1.807) is 4.68 Å². The normalized spacial score (nSPS) is 11.9. The van der Waals surface area contributed by atoms with Gasteiger partial charge in [0.1, 0.15) is 0 Å². The van der Waals surface area contributed by atoms with Crippen LogP contribution in [0.25, 0.3) is 0 Å². The van der Waals surface area contributed by atoms with Gasteiger partial charge in [0.2, 0.25) is 10.0 Å². The summed E-state index contributed by atoms with van der Waals surface area (Å²) in [7, 11) is -1.31. The smallest absolute Gasteiger partial charge is 0.209 e. The van der Waals surface area contributed by atoms with Crippen molar-refractivity contribution < 1.29 is 8.42 Å². The van der Waals surface area contributed by atoms with E-state index < -0.39 is 10.0 Å². The molecule has 74 valence electrons. The summed E-state index contributed by atoms with van der Waals surface area (Å²) in [4.78, 5) is 0. The van der Waals surface area contributed by atoms with Gasteiger partial charge in [-0.2, -0.15) is 5.10 Å². The van der Waals surface area contributed by atoms with Crippen LogP contribution in [0.2, 0.25) is 0 Å². The second kappa shape index (κ2) is 3.47. The van der Waals surface area contributed by atoms with Gasteiger partial charge in [0.15, 0.2) is 0 Å². The molecule has 0 unspecified atom stereocenters. The fraction of sp³-hybridized carbons (Fsp3) is 0.571. The molecule has 0 amide bonds. The Labute approximate surface area is 77.8 Å². The molecule has 0 spiro atoms. The van der Waals surface area contributed by atoms with E-state index in [-0.39, 0.29) is 6.54 Å². The Bertz CT molecular complexity index is 374. The summed E-state index contributed by atoms with van der Waals surface area (Å²) in [6.45, 7) is 2.16. The Hall–Kier alpha value is -0.880. The summed E-state index contributed by atoms with van der Waals surface area (Å²) < 4.78 is 25.6. The van der Waals surface area contributed by atoms with Crippen molar-refractivity contribution in [1.29, 1.82) is 0 Å². The largest absolute Gasteiger partial charge is 0.273 e. The van der Waals surface area contributed by atoms with Crippen molar-refractivity contribution in [3.8, 4) is 0 Å². The number of nitrogens with one attached hydrogen (secondary N) is 1. The molecular weight excluding hydrogens is 190 g/mol. The van der Waals surface area contributed by atoms with Gasteiger partial charge in [0.05, 0.1) is 18.5 Å². The molecule has 0 aliphatic rings. The molecule has 0 fully saturated rings. The van der Waals surface area contributed by atoms with Gasteiger partial charge in [-0.05, 0) is 13.0 Å². The zero-order chi connectivity index (χ0) is 10.1. The molecular formula is C7H13N3O2S. The minimum absolute atomic E-state index is 0.251. The minimum atomic E-state index is -3.13. The first-order valence-electron chi connectivity index (χ1n) is 3.82. The summed E-state index contributed by atoms with van der Waals surface area (Å²) >= 11 is 0. The molecule has 5 nitrogen and oxygen atoms in total. The Morgan fingerprint density at radius 3 is 2.62 bits per heavy atom. The molecule has 1 aromatic rings. The molecule has 0 saturated carbocycles. The summed E-state index contributed by atoms with van der Waals surface area (Å²) in [5.74, 6) is 0. The van der Waals surface area contributed by atoms with Crippen LogP contribution in [-0.4, -0.2) is 24.5 Å². The van der Waals surface area contributed by atoms with Crippen molar-refractivity contribution in [1.82, 2.24) is 14.5 Å². The molecule has 1 aromatic heterocycles. The molecule has 0 radical (unpaired) electrons. The van der Waals surface area contributed by atoms with Crippen LogP contribution < -0.4 is 4.72 Å². The van der Waals surface area contributed by atoms with E-state index in [9.17, 15) is 8.42 Å². The van der Waals surface area contributed by atoms with Gasteiger partial charge in [-0.3, -0.25) is 4.68 Å². The van der Waals surface area contributed by atoms with Gasteiger partial charge in [0, 0.05) is 12.7 Å². The van der Waals surface area contributed by atoms with Crippen molar-refractivity contribution >= 4 is 10.0 Å². The first-order valence-corrected chi connectivity index (χ1v) is 5.72. The number of nitrogens with zero attached hydrogens (tertiary/aromatic N) is 2. The zero-order valence-corrected chi connectivity index (χ0v) is 8.72. The van der Waals surface area contributed by atoms with Crippen LogP contribution in [0.1, 0.15) is 11.4 Å². The van der Waals surface area contributed by atoms with Gasteiger partial charge in [0.25, 0.3) is 0 Å². The predicted molar refractivity (Wildman–Crippen MR) is 49.6 cm³/mol. The molecule has 0 bridgehead atoms. The van der Waals surface area contributed by atoms with Crippen molar-refractivity contribution in [2.75, 3.05) is 6.26 Å². The molecule has 0 saturated heterocycles. The molecule has 1 rings (SSSR count). The molecule has 13 heavy (non-hydrogen) atoms. The number of hydrogen-bond donors (Lipinski definition) is 1. The maximum Gasteiger partial charge on any atom is 0.209 e. The van der Waals surface area contributed by atoms with Crippen LogP contribution in [0.15, 0.2) is 6.07 Å². The highest BCUT2D eigenvalue weighted by Crippen LogP contribution is 2.00. The highest BCUT2D eigenvalue weighted by molar-refractivity contribution is 7.88. The van der Waals surface area contributed by atoms with E-state index in [0.717, 1.165) is 17.6 Å². The maximum absolute atomic E-state index is 10.8. The van der Waals surface area contributed by atoms with E-state index in [1.807, 2.05) is 20.0 Å². The monoisotopic (exact) mass is 203 g/mol. The number of hydrogen-bond acceptors (Lipinski definition) is 3. The highest BCUT2D eigenvalue weighted by Gasteiger charge is 2.04. The van der Waals surface area contributed by atoms with Crippen LogP contribution in [0.4, 0.5) is 0 Å². The predicted octanol–water partition coefficient (Wildman–Crippen LogP) is -0.222. The Morgan fingerprint density at radius 2 is 2.23 bits per heavy atom. The lowest BCUT2D eigenvalue weighted by atomic mass is 10.4. The fourth-order valence-electron chi connectivity index (χ4n) is 0.926.